The summed E-state index contributed by atoms with van der Waals surface area (Å²) in [4.78, 5) is 10.2. The molecular weight excluding hydrogens is 139 g/mol. The second kappa shape index (κ2) is 2.96. The summed E-state index contributed by atoms with van der Waals surface area (Å²) in [5.41, 5.74) is 0. The van der Waals surface area contributed by atoms with Crippen LogP contribution in [0, 0.1) is 0 Å². The van der Waals surface area contributed by atoms with Crippen LogP contribution in [0.3, 0.4) is 0 Å². The molecule has 1 heterocycles. The molecule has 10 heavy (non-hydrogen) atoms. The van der Waals surface area contributed by atoms with Crippen LogP contribution in [-0.2, 0) is 9.53 Å². The van der Waals surface area contributed by atoms with Crippen LogP contribution in [0.2, 0.25) is 0 Å². The molecule has 0 aromatic heterocycles. The predicted molar refractivity (Wildman–Crippen MR) is 31.5 cm³/mol. The fraction of sp³-hybridized carbons (Fsp3) is 0.833. The van der Waals surface area contributed by atoms with Gasteiger partial charge in [-0.25, -0.2) is 9.18 Å². The van der Waals surface area contributed by atoms with Gasteiger partial charge in [-0.2, -0.15) is 0 Å². The zero-order valence-electron chi connectivity index (χ0n) is 5.42. The Balaban J connectivity index is 2.39. The minimum absolute atomic E-state index is 0.00463. The molecule has 0 aromatic rings. The number of carbonyl (C=O) groups is 1. The molecule has 1 aliphatic heterocycles. The second-order valence-corrected chi connectivity index (χ2v) is 2.32. The zero-order chi connectivity index (χ0) is 7.56. The minimum Gasteiger partial charge on any atom is -0.479 e. The molecule has 2 atom stereocenters. The summed E-state index contributed by atoms with van der Waals surface area (Å²) in [7, 11) is 0. The van der Waals surface area contributed by atoms with Gasteiger partial charge in [-0.3, -0.25) is 0 Å². The molecule has 0 bridgehead atoms. The summed E-state index contributed by atoms with van der Waals surface area (Å²) in [6, 6.07) is 0. The topological polar surface area (TPSA) is 46.5 Å². The van der Waals surface area contributed by atoms with Crippen LogP contribution in [0.15, 0.2) is 0 Å². The number of rotatable bonds is 1. The highest BCUT2D eigenvalue weighted by Crippen LogP contribution is 2.16. The molecule has 1 N–H and O–H groups in total. The van der Waals surface area contributed by atoms with Crippen molar-refractivity contribution >= 4 is 5.97 Å². The first-order valence-corrected chi connectivity index (χ1v) is 3.18. The van der Waals surface area contributed by atoms with E-state index in [9.17, 15) is 9.18 Å². The first-order valence-electron chi connectivity index (χ1n) is 3.18. The highest BCUT2D eigenvalue weighted by Gasteiger charge is 2.27. The van der Waals surface area contributed by atoms with Crippen LogP contribution in [0.25, 0.3) is 0 Å². The predicted octanol–water partition coefficient (Wildman–Crippen LogP) is 0.588. The third-order valence-corrected chi connectivity index (χ3v) is 1.50. The number of hydrogen-bond donors (Lipinski definition) is 1. The van der Waals surface area contributed by atoms with E-state index in [1.54, 1.807) is 0 Å². The quantitative estimate of drug-likeness (QED) is 0.591. The van der Waals surface area contributed by atoms with Crippen LogP contribution in [0.1, 0.15) is 12.8 Å². The number of alkyl halides is 1. The van der Waals surface area contributed by atoms with E-state index in [1.807, 2.05) is 0 Å². The Morgan fingerprint density at radius 2 is 2.40 bits per heavy atom. The van der Waals surface area contributed by atoms with Crippen molar-refractivity contribution in [2.24, 2.45) is 0 Å². The normalized spacial score (nSPS) is 33.7. The van der Waals surface area contributed by atoms with Crippen LogP contribution < -0.4 is 0 Å². The van der Waals surface area contributed by atoms with E-state index in [0.29, 0.717) is 6.42 Å². The number of hydrogen-bond acceptors (Lipinski definition) is 2. The average Bonchev–Trinajstić information content (AvgIpc) is 1.88. The third kappa shape index (κ3) is 1.67. The summed E-state index contributed by atoms with van der Waals surface area (Å²) in [6.45, 7) is 0.220. The molecule has 58 valence electrons. The van der Waals surface area contributed by atoms with Gasteiger partial charge >= 0.3 is 5.97 Å². The molecule has 3 nitrogen and oxygen atoms in total. The summed E-state index contributed by atoms with van der Waals surface area (Å²) < 4.78 is 17.2. The van der Waals surface area contributed by atoms with Crippen LogP contribution in [0.5, 0.6) is 0 Å². The molecule has 1 rings (SSSR count). The van der Waals surface area contributed by atoms with E-state index >= 15 is 0 Å². The first-order chi connectivity index (χ1) is 4.70. The maximum absolute atomic E-state index is 12.5. The van der Waals surface area contributed by atoms with E-state index < -0.39 is 18.2 Å². The SMILES string of the molecule is O=C(O)[C@H]1C[C@@H](F)CCO1. The molecule has 1 fully saturated rings. The lowest BCUT2D eigenvalue weighted by atomic mass is 10.1. The van der Waals surface area contributed by atoms with E-state index in [0.717, 1.165) is 0 Å². The fourth-order valence-electron chi connectivity index (χ4n) is 0.928. The van der Waals surface area contributed by atoms with Crippen molar-refractivity contribution in [2.45, 2.75) is 25.1 Å². The monoisotopic (exact) mass is 148 g/mol. The summed E-state index contributed by atoms with van der Waals surface area (Å²) in [5.74, 6) is -1.07. The van der Waals surface area contributed by atoms with Gasteiger partial charge in [0, 0.05) is 12.8 Å². The van der Waals surface area contributed by atoms with Gasteiger partial charge in [0.25, 0.3) is 0 Å². The van der Waals surface area contributed by atoms with Gasteiger partial charge in [0.2, 0.25) is 0 Å². The van der Waals surface area contributed by atoms with E-state index in [4.69, 9.17) is 9.84 Å². The molecule has 0 unspecified atom stereocenters. The second-order valence-electron chi connectivity index (χ2n) is 2.32. The average molecular weight is 148 g/mol. The zero-order valence-corrected chi connectivity index (χ0v) is 5.42. The Hall–Kier alpha value is -0.640. The van der Waals surface area contributed by atoms with Gasteiger partial charge in [0.05, 0.1) is 6.61 Å². The van der Waals surface area contributed by atoms with E-state index in [2.05, 4.69) is 0 Å². The molecule has 0 amide bonds. The Bertz CT molecular complexity index is 137. The number of carboxylic acids is 1. The van der Waals surface area contributed by atoms with Gasteiger partial charge in [0.1, 0.15) is 6.17 Å². The van der Waals surface area contributed by atoms with Gasteiger partial charge < -0.3 is 9.84 Å². The van der Waals surface area contributed by atoms with Gasteiger partial charge in [-0.15, -0.1) is 0 Å². The Kier molecular flexibility index (Phi) is 2.21. The van der Waals surface area contributed by atoms with Crippen LogP contribution >= 0.6 is 0 Å². The lowest BCUT2D eigenvalue weighted by molar-refractivity contribution is -0.155. The van der Waals surface area contributed by atoms with Gasteiger partial charge in [0.15, 0.2) is 6.10 Å². The Labute approximate surface area is 57.8 Å². The summed E-state index contributed by atoms with van der Waals surface area (Å²) in [5, 5.41) is 8.36. The summed E-state index contributed by atoms with van der Waals surface area (Å²) >= 11 is 0. The minimum atomic E-state index is -1.07. The Morgan fingerprint density at radius 3 is 2.80 bits per heavy atom. The number of aliphatic carboxylic acids is 1. The Morgan fingerprint density at radius 1 is 1.70 bits per heavy atom. The van der Waals surface area contributed by atoms with Crippen molar-refractivity contribution in [3.05, 3.63) is 0 Å². The standard InChI is InChI=1S/C6H9FO3/c7-4-1-2-10-5(3-4)6(8)9/h4-5H,1-3H2,(H,8,9)/t4-,5+/m0/s1. The number of halogens is 1. The van der Waals surface area contributed by atoms with E-state index in [1.165, 1.54) is 0 Å². The molecule has 0 aliphatic carbocycles. The van der Waals surface area contributed by atoms with Crippen molar-refractivity contribution in [3.63, 3.8) is 0 Å². The lowest BCUT2D eigenvalue weighted by Gasteiger charge is -2.21. The molecular formula is C6H9FO3. The summed E-state index contributed by atoms with van der Waals surface area (Å²) in [6.07, 6.45) is -1.61. The molecule has 0 spiro atoms. The first kappa shape index (κ1) is 7.47. The molecule has 1 saturated heterocycles. The largest absolute Gasteiger partial charge is 0.479 e. The lowest BCUT2D eigenvalue weighted by Crippen LogP contribution is -2.32. The van der Waals surface area contributed by atoms with Crippen molar-refractivity contribution < 1.29 is 19.0 Å². The highest BCUT2D eigenvalue weighted by molar-refractivity contribution is 5.72. The third-order valence-electron chi connectivity index (χ3n) is 1.50. The van der Waals surface area contributed by atoms with Gasteiger partial charge in [-0.1, -0.05) is 0 Å². The number of ether oxygens (including phenoxy) is 1. The molecule has 1 aliphatic rings. The van der Waals surface area contributed by atoms with E-state index in [-0.39, 0.29) is 13.0 Å². The molecule has 4 heteroatoms. The molecule has 0 saturated carbocycles. The maximum atomic E-state index is 12.5. The van der Waals surface area contributed by atoms with Crippen LogP contribution in [-0.4, -0.2) is 30.0 Å². The van der Waals surface area contributed by atoms with Crippen molar-refractivity contribution in [1.82, 2.24) is 0 Å². The fourth-order valence-corrected chi connectivity index (χ4v) is 0.928. The van der Waals surface area contributed by atoms with Gasteiger partial charge in [-0.05, 0) is 0 Å². The smallest absolute Gasteiger partial charge is 0.332 e. The van der Waals surface area contributed by atoms with Crippen molar-refractivity contribution in [3.8, 4) is 0 Å². The molecule has 0 radical (unpaired) electrons. The maximum Gasteiger partial charge on any atom is 0.332 e. The number of carboxylic acid groups (broad SMARTS) is 1. The van der Waals surface area contributed by atoms with Crippen molar-refractivity contribution in [1.29, 1.82) is 0 Å². The molecule has 0 aromatic carbocycles. The highest BCUT2D eigenvalue weighted by atomic mass is 19.1. The van der Waals surface area contributed by atoms with Crippen molar-refractivity contribution in [2.75, 3.05) is 6.61 Å². The van der Waals surface area contributed by atoms with Crippen LogP contribution in [0.4, 0.5) is 4.39 Å².